The van der Waals surface area contributed by atoms with E-state index >= 15 is 0 Å². The molecule has 0 spiro atoms. The fraction of sp³-hybridized carbons (Fsp3) is 0.500. The number of likely N-dealkylation sites (tertiary alicyclic amines) is 1. The van der Waals surface area contributed by atoms with E-state index in [2.05, 4.69) is 5.92 Å². The van der Waals surface area contributed by atoms with Crippen molar-refractivity contribution in [1.29, 1.82) is 0 Å². The summed E-state index contributed by atoms with van der Waals surface area (Å²) in [5.74, 6) is 2.62. The molecule has 1 aromatic carbocycles. The third-order valence-corrected chi connectivity index (χ3v) is 4.51. The lowest BCUT2D eigenvalue weighted by molar-refractivity contribution is -0.140. The molecular formula is C20H26N2O2. The molecule has 0 N–H and O–H groups in total. The molecule has 1 aliphatic heterocycles. The van der Waals surface area contributed by atoms with Crippen molar-refractivity contribution in [1.82, 2.24) is 9.80 Å². The molecule has 128 valence electrons. The van der Waals surface area contributed by atoms with Crippen LogP contribution >= 0.6 is 0 Å². The predicted octanol–water partition coefficient (Wildman–Crippen LogP) is 2.61. The van der Waals surface area contributed by atoms with Crippen molar-refractivity contribution in [2.45, 2.75) is 39.7 Å². The Morgan fingerprint density at radius 3 is 2.67 bits per heavy atom. The Hall–Kier alpha value is -2.28. The van der Waals surface area contributed by atoms with Crippen LogP contribution in [0.15, 0.2) is 24.3 Å². The first-order valence-corrected chi connectivity index (χ1v) is 8.60. The highest BCUT2D eigenvalue weighted by Crippen LogP contribution is 2.20. The Morgan fingerprint density at radius 1 is 1.33 bits per heavy atom. The normalized spacial score (nSPS) is 17.2. The van der Waals surface area contributed by atoms with E-state index in [-0.39, 0.29) is 17.7 Å². The number of carbonyl (C=O) groups excluding carboxylic acids is 2. The average Bonchev–Trinajstić information content (AvgIpc) is 2.62. The maximum absolute atomic E-state index is 12.9. The van der Waals surface area contributed by atoms with E-state index in [4.69, 9.17) is 6.42 Å². The highest BCUT2D eigenvalue weighted by Gasteiger charge is 2.30. The molecule has 24 heavy (non-hydrogen) atoms. The number of benzene rings is 1. The van der Waals surface area contributed by atoms with Gasteiger partial charge in [0.15, 0.2) is 0 Å². The van der Waals surface area contributed by atoms with E-state index in [1.807, 2.05) is 43.0 Å². The minimum absolute atomic E-state index is 0.0575. The zero-order chi connectivity index (χ0) is 17.5. The summed E-state index contributed by atoms with van der Waals surface area (Å²) in [5, 5.41) is 0. The van der Waals surface area contributed by atoms with E-state index in [1.54, 1.807) is 4.90 Å². The van der Waals surface area contributed by atoms with Gasteiger partial charge in [-0.15, -0.1) is 6.42 Å². The highest BCUT2D eigenvalue weighted by atomic mass is 16.2. The van der Waals surface area contributed by atoms with E-state index < -0.39 is 0 Å². The van der Waals surface area contributed by atoms with E-state index in [9.17, 15) is 9.59 Å². The summed E-state index contributed by atoms with van der Waals surface area (Å²) in [6, 6.07) is 8.13. The summed E-state index contributed by atoms with van der Waals surface area (Å²) in [6.45, 7) is 5.97. The van der Waals surface area contributed by atoms with Crippen LogP contribution in [0, 0.1) is 25.2 Å². The smallest absolute Gasteiger partial charge is 0.228 e. The van der Waals surface area contributed by atoms with Crippen LogP contribution in [0.25, 0.3) is 0 Å². The maximum Gasteiger partial charge on any atom is 0.228 e. The molecule has 0 aromatic heterocycles. The molecule has 0 saturated carbocycles. The van der Waals surface area contributed by atoms with Gasteiger partial charge in [-0.25, -0.2) is 0 Å². The molecule has 1 aromatic rings. The second kappa shape index (κ2) is 8.54. The molecule has 1 heterocycles. The lowest BCUT2D eigenvalue weighted by Gasteiger charge is -2.34. The molecule has 0 unspecified atom stereocenters. The molecule has 1 saturated heterocycles. The summed E-state index contributed by atoms with van der Waals surface area (Å²) < 4.78 is 0. The summed E-state index contributed by atoms with van der Waals surface area (Å²) in [5.41, 5.74) is 2.26. The van der Waals surface area contributed by atoms with E-state index in [1.165, 1.54) is 5.56 Å². The SMILES string of the molecule is C#CCN(Cc1ccc(C)cc1)C(=O)[C@H]1CCCN(C(=O)CC)C1. The number of hydrogen-bond donors (Lipinski definition) is 0. The average molecular weight is 326 g/mol. The van der Waals surface area contributed by atoms with Crippen molar-refractivity contribution in [3.05, 3.63) is 35.4 Å². The van der Waals surface area contributed by atoms with Gasteiger partial charge in [0.2, 0.25) is 11.8 Å². The van der Waals surface area contributed by atoms with Gasteiger partial charge >= 0.3 is 0 Å². The first kappa shape index (κ1) is 18.1. The predicted molar refractivity (Wildman–Crippen MR) is 95.0 cm³/mol. The van der Waals surface area contributed by atoms with Gasteiger partial charge in [-0.3, -0.25) is 9.59 Å². The van der Waals surface area contributed by atoms with Gasteiger partial charge in [0.1, 0.15) is 0 Å². The van der Waals surface area contributed by atoms with Crippen LogP contribution in [-0.2, 0) is 16.1 Å². The Labute approximate surface area is 144 Å². The van der Waals surface area contributed by atoms with Crippen molar-refractivity contribution in [2.24, 2.45) is 5.92 Å². The third kappa shape index (κ3) is 4.61. The zero-order valence-corrected chi connectivity index (χ0v) is 14.6. The maximum atomic E-state index is 12.9. The molecule has 2 amide bonds. The van der Waals surface area contributed by atoms with Crippen LogP contribution in [0.4, 0.5) is 0 Å². The van der Waals surface area contributed by atoms with Crippen LogP contribution < -0.4 is 0 Å². The van der Waals surface area contributed by atoms with E-state index in [0.717, 1.165) is 24.9 Å². The van der Waals surface area contributed by atoms with Gasteiger partial charge in [-0.05, 0) is 25.3 Å². The molecule has 1 atom stereocenters. The van der Waals surface area contributed by atoms with Crippen molar-refractivity contribution < 1.29 is 9.59 Å². The molecular weight excluding hydrogens is 300 g/mol. The van der Waals surface area contributed by atoms with Crippen LogP contribution in [0.3, 0.4) is 0 Å². The first-order valence-electron chi connectivity index (χ1n) is 8.60. The zero-order valence-electron chi connectivity index (χ0n) is 14.6. The van der Waals surface area contributed by atoms with Gasteiger partial charge in [-0.2, -0.15) is 0 Å². The molecule has 0 aliphatic carbocycles. The third-order valence-electron chi connectivity index (χ3n) is 4.51. The van der Waals surface area contributed by atoms with Crippen molar-refractivity contribution >= 4 is 11.8 Å². The Balaban J connectivity index is 2.06. The summed E-state index contributed by atoms with van der Waals surface area (Å²) in [6.07, 6.45) is 7.64. The molecule has 2 rings (SSSR count). The first-order chi connectivity index (χ1) is 11.5. The van der Waals surface area contributed by atoms with Crippen molar-refractivity contribution in [2.75, 3.05) is 19.6 Å². The fourth-order valence-corrected chi connectivity index (χ4v) is 3.12. The van der Waals surface area contributed by atoms with Gasteiger partial charge < -0.3 is 9.80 Å². The topological polar surface area (TPSA) is 40.6 Å². The highest BCUT2D eigenvalue weighted by molar-refractivity contribution is 5.81. The van der Waals surface area contributed by atoms with Crippen LogP contribution in [0.5, 0.6) is 0 Å². The summed E-state index contributed by atoms with van der Waals surface area (Å²) in [7, 11) is 0. The largest absolute Gasteiger partial charge is 0.342 e. The number of aryl methyl sites for hydroxylation is 1. The molecule has 0 radical (unpaired) electrons. The minimum Gasteiger partial charge on any atom is -0.342 e. The van der Waals surface area contributed by atoms with Gasteiger partial charge in [0.25, 0.3) is 0 Å². The molecule has 1 aliphatic rings. The van der Waals surface area contributed by atoms with Gasteiger partial charge in [0, 0.05) is 26.1 Å². The standard InChI is InChI=1S/C20H26N2O2/c1-4-12-22(14-17-10-8-16(3)9-11-17)20(24)18-7-6-13-21(15-18)19(23)5-2/h1,8-11,18H,5-7,12-15H2,2-3H3/t18-/m0/s1. The Kier molecular flexibility index (Phi) is 6.43. The summed E-state index contributed by atoms with van der Waals surface area (Å²) in [4.78, 5) is 28.4. The molecule has 0 bridgehead atoms. The number of hydrogen-bond acceptors (Lipinski definition) is 2. The Morgan fingerprint density at radius 2 is 2.04 bits per heavy atom. The van der Waals surface area contributed by atoms with Crippen molar-refractivity contribution in [3.63, 3.8) is 0 Å². The fourth-order valence-electron chi connectivity index (χ4n) is 3.12. The lowest BCUT2D eigenvalue weighted by atomic mass is 9.96. The van der Waals surface area contributed by atoms with Crippen molar-refractivity contribution in [3.8, 4) is 12.3 Å². The van der Waals surface area contributed by atoms with Gasteiger partial charge in [-0.1, -0.05) is 42.7 Å². The number of piperidine rings is 1. The number of terminal acetylenes is 1. The monoisotopic (exact) mass is 326 g/mol. The van der Waals surface area contributed by atoms with Crippen LogP contribution in [0.1, 0.15) is 37.3 Å². The summed E-state index contributed by atoms with van der Waals surface area (Å²) >= 11 is 0. The second-order valence-electron chi connectivity index (χ2n) is 6.42. The number of carbonyl (C=O) groups is 2. The number of rotatable bonds is 5. The number of amides is 2. The van der Waals surface area contributed by atoms with Crippen LogP contribution in [-0.4, -0.2) is 41.2 Å². The van der Waals surface area contributed by atoms with Crippen LogP contribution in [0.2, 0.25) is 0 Å². The molecule has 4 nitrogen and oxygen atoms in total. The number of nitrogens with zero attached hydrogens (tertiary/aromatic N) is 2. The molecule has 1 fully saturated rings. The van der Waals surface area contributed by atoms with Gasteiger partial charge in [0.05, 0.1) is 12.5 Å². The quantitative estimate of drug-likeness (QED) is 0.781. The van der Waals surface area contributed by atoms with E-state index in [0.29, 0.717) is 26.1 Å². The second-order valence-corrected chi connectivity index (χ2v) is 6.42. The Bertz CT molecular complexity index is 616. The minimum atomic E-state index is -0.145. The molecule has 4 heteroatoms. The lowest BCUT2D eigenvalue weighted by Crippen LogP contribution is -2.46.